The molecule has 0 aliphatic heterocycles. The van der Waals surface area contributed by atoms with Crippen molar-refractivity contribution in [2.24, 2.45) is 5.92 Å². The van der Waals surface area contributed by atoms with Gasteiger partial charge in [0.05, 0.1) is 12.3 Å². The third-order valence-electron chi connectivity index (χ3n) is 4.18. The predicted molar refractivity (Wildman–Crippen MR) is 77.4 cm³/mol. The van der Waals surface area contributed by atoms with Gasteiger partial charge in [-0.1, -0.05) is 26.2 Å². The summed E-state index contributed by atoms with van der Waals surface area (Å²) in [6, 6.07) is 4.05. The van der Waals surface area contributed by atoms with Crippen LogP contribution in [-0.4, -0.2) is 16.8 Å². The van der Waals surface area contributed by atoms with Crippen LogP contribution in [0.5, 0.6) is 5.88 Å². The number of hydrogen-bond acceptors (Lipinski definition) is 3. The zero-order chi connectivity index (χ0) is 13.5. The minimum atomic E-state index is 0.612. The predicted octanol–water partition coefficient (Wildman–Crippen LogP) is 4.34. The van der Waals surface area contributed by atoms with Crippen molar-refractivity contribution >= 4 is 0 Å². The third kappa shape index (κ3) is 4.19. The third-order valence-corrected chi connectivity index (χ3v) is 4.18. The highest BCUT2D eigenvalue weighted by molar-refractivity contribution is 5.15. The van der Waals surface area contributed by atoms with E-state index in [1.807, 2.05) is 13.0 Å². The molecule has 0 N–H and O–H groups in total. The van der Waals surface area contributed by atoms with Crippen molar-refractivity contribution in [3.63, 3.8) is 0 Å². The maximum Gasteiger partial charge on any atom is 0.233 e. The Morgan fingerprint density at radius 2 is 1.89 bits per heavy atom. The van der Waals surface area contributed by atoms with Crippen LogP contribution in [0.2, 0.25) is 0 Å². The monoisotopic (exact) mass is 262 g/mol. The van der Waals surface area contributed by atoms with Gasteiger partial charge in [-0.3, -0.25) is 0 Å². The van der Waals surface area contributed by atoms with Crippen LogP contribution in [-0.2, 0) is 0 Å². The number of unbranched alkanes of at least 4 members (excludes halogenated alkanes) is 1. The van der Waals surface area contributed by atoms with Crippen molar-refractivity contribution in [3.05, 3.63) is 17.8 Å². The number of nitrogens with zero attached hydrogens (tertiary/aromatic N) is 2. The lowest BCUT2D eigenvalue weighted by molar-refractivity contribution is 0.297. The SMILES string of the molecule is CCCCC1CCC(c2ccc(OCC)nn2)CC1. The van der Waals surface area contributed by atoms with E-state index in [1.54, 1.807) is 0 Å². The van der Waals surface area contributed by atoms with Crippen LogP contribution >= 0.6 is 0 Å². The van der Waals surface area contributed by atoms with Gasteiger partial charge < -0.3 is 4.74 Å². The Hall–Kier alpha value is -1.12. The molecule has 0 bridgehead atoms. The summed E-state index contributed by atoms with van der Waals surface area (Å²) in [6.45, 7) is 4.89. The molecule has 2 rings (SSSR count). The Labute approximate surface area is 116 Å². The first kappa shape index (κ1) is 14.3. The van der Waals surface area contributed by atoms with E-state index in [0.29, 0.717) is 18.4 Å². The molecule has 0 aromatic carbocycles. The van der Waals surface area contributed by atoms with Crippen LogP contribution in [0.15, 0.2) is 12.1 Å². The molecule has 106 valence electrons. The van der Waals surface area contributed by atoms with Crippen LogP contribution in [0.4, 0.5) is 0 Å². The summed E-state index contributed by atoms with van der Waals surface area (Å²) < 4.78 is 5.34. The minimum Gasteiger partial charge on any atom is -0.477 e. The van der Waals surface area contributed by atoms with E-state index in [4.69, 9.17) is 4.74 Å². The highest BCUT2D eigenvalue weighted by atomic mass is 16.5. The Balaban J connectivity index is 1.83. The van der Waals surface area contributed by atoms with Gasteiger partial charge in [-0.2, -0.15) is 5.10 Å². The van der Waals surface area contributed by atoms with Crippen LogP contribution < -0.4 is 4.74 Å². The fourth-order valence-electron chi connectivity index (χ4n) is 3.01. The Kier molecular flexibility index (Phi) is 5.62. The number of ether oxygens (including phenoxy) is 1. The fraction of sp³-hybridized carbons (Fsp3) is 0.750. The summed E-state index contributed by atoms with van der Waals surface area (Å²) >= 11 is 0. The van der Waals surface area contributed by atoms with Crippen LogP contribution in [0.25, 0.3) is 0 Å². The quantitative estimate of drug-likeness (QED) is 0.765. The van der Waals surface area contributed by atoms with Crippen molar-refractivity contribution in [1.82, 2.24) is 10.2 Å². The van der Waals surface area contributed by atoms with Gasteiger partial charge in [-0.15, -0.1) is 5.10 Å². The zero-order valence-corrected chi connectivity index (χ0v) is 12.3. The van der Waals surface area contributed by atoms with Gasteiger partial charge in [0.1, 0.15) is 0 Å². The molecule has 1 fully saturated rings. The maximum absolute atomic E-state index is 5.34. The average Bonchev–Trinajstić information content (AvgIpc) is 2.47. The number of hydrogen-bond donors (Lipinski definition) is 0. The lowest BCUT2D eigenvalue weighted by atomic mass is 9.78. The molecule has 1 aromatic heterocycles. The first-order valence-corrected chi connectivity index (χ1v) is 7.79. The van der Waals surface area contributed by atoms with Gasteiger partial charge in [-0.05, 0) is 44.6 Å². The summed E-state index contributed by atoms with van der Waals surface area (Å²) in [5, 5.41) is 8.47. The van der Waals surface area contributed by atoms with Gasteiger partial charge in [0.15, 0.2) is 0 Å². The number of rotatable bonds is 6. The van der Waals surface area contributed by atoms with E-state index in [9.17, 15) is 0 Å². The number of aromatic nitrogens is 2. The molecular formula is C16H26N2O. The molecule has 1 aliphatic rings. The molecule has 1 heterocycles. The van der Waals surface area contributed by atoms with E-state index in [-0.39, 0.29) is 0 Å². The summed E-state index contributed by atoms with van der Waals surface area (Å²) in [6.07, 6.45) is 9.40. The van der Waals surface area contributed by atoms with Crippen LogP contribution in [0.1, 0.15) is 70.4 Å². The molecule has 1 saturated carbocycles. The molecule has 0 amide bonds. The first-order chi connectivity index (χ1) is 9.33. The van der Waals surface area contributed by atoms with Gasteiger partial charge in [-0.25, -0.2) is 0 Å². The van der Waals surface area contributed by atoms with Gasteiger partial charge in [0.25, 0.3) is 0 Å². The Morgan fingerprint density at radius 1 is 1.11 bits per heavy atom. The Bertz CT molecular complexity index is 356. The summed E-state index contributed by atoms with van der Waals surface area (Å²) in [7, 11) is 0. The van der Waals surface area contributed by atoms with E-state index in [0.717, 1.165) is 11.6 Å². The lowest BCUT2D eigenvalue weighted by Gasteiger charge is -2.27. The van der Waals surface area contributed by atoms with Gasteiger partial charge in [0, 0.05) is 12.0 Å². The topological polar surface area (TPSA) is 35.0 Å². The molecular weight excluding hydrogens is 236 g/mol. The molecule has 0 unspecified atom stereocenters. The maximum atomic E-state index is 5.34. The zero-order valence-electron chi connectivity index (χ0n) is 12.3. The van der Waals surface area contributed by atoms with E-state index >= 15 is 0 Å². The molecule has 3 nitrogen and oxygen atoms in total. The minimum absolute atomic E-state index is 0.612. The normalized spacial score (nSPS) is 23.3. The van der Waals surface area contributed by atoms with Crippen molar-refractivity contribution in [3.8, 4) is 5.88 Å². The fourth-order valence-corrected chi connectivity index (χ4v) is 3.01. The molecule has 0 atom stereocenters. The van der Waals surface area contributed by atoms with E-state index in [1.165, 1.54) is 44.9 Å². The van der Waals surface area contributed by atoms with Crippen molar-refractivity contribution in [2.75, 3.05) is 6.61 Å². The second-order valence-corrected chi connectivity index (χ2v) is 5.59. The smallest absolute Gasteiger partial charge is 0.233 e. The Morgan fingerprint density at radius 3 is 2.47 bits per heavy atom. The van der Waals surface area contributed by atoms with Crippen molar-refractivity contribution in [2.45, 2.75) is 64.7 Å². The average molecular weight is 262 g/mol. The van der Waals surface area contributed by atoms with Crippen molar-refractivity contribution < 1.29 is 4.74 Å². The molecule has 0 spiro atoms. The molecule has 19 heavy (non-hydrogen) atoms. The molecule has 1 aliphatic carbocycles. The molecule has 0 saturated heterocycles. The second-order valence-electron chi connectivity index (χ2n) is 5.59. The van der Waals surface area contributed by atoms with Gasteiger partial charge in [0.2, 0.25) is 5.88 Å². The van der Waals surface area contributed by atoms with E-state index < -0.39 is 0 Å². The van der Waals surface area contributed by atoms with Gasteiger partial charge >= 0.3 is 0 Å². The first-order valence-electron chi connectivity index (χ1n) is 7.79. The molecule has 0 radical (unpaired) electrons. The highest BCUT2D eigenvalue weighted by Crippen LogP contribution is 2.36. The lowest BCUT2D eigenvalue weighted by Crippen LogP contribution is -2.14. The summed E-state index contributed by atoms with van der Waals surface area (Å²) in [4.78, 5) is 0. The second kappa shape index (κ2) is 7.46. The van der Waals surface area contributed by atoms with E-state index in [2.05, 4.69) is 23.2 Å². The highest BCUT2D eigenvalue weighted by Gasteiger charge is 2.23. The van der Waals surface area contributed by atoms with Crippen LogP contribution in [0.3, 0.4) is 0 Å². The molecule has 3 heteroatoms. The largest absolute Gasteiger partial charge is 0.477 e. The molecule has 1 aromatic rings. The van der Waals surface area contributed by atoms with Crippen LogP contribution in [0, 0.1) is 5.92 Å². The van der Waals surface area contributed by atoms with Crippen molar-refractivity contribution in [1.29, 1.82) is 0 Å². The standard InChI is InChI=1S/C16H26N2O/c1-3-5-6-13-7-9-14(10-8-13)15-11-12-16(18-17-15)19-4-2/h11-14H,3-10H2,1-2H3. The summed E-state index contributed by atoms with van der Waals surface area (Å²) in [5.74, 6) is 2.20. The summed E-state index contributed by atoms with van der Waals surface area (Å²) in [5.41, 5.74) is 1.15.